The first-order valence-corrected chi connectivity index (χ1v) is 12.7. The summed E-state index contributed by atoms with van der Waals surface area (Å²) in [6.07, 6.45) is 5.33. The van der Waals surface area contributed by atoms with Gasteiger partial charge in [-0.2, -0.15) is 0 Å². The lowest BCUT2D eigenvalue weighted by Gasteiger charge is -2.64. The predicted molar refractivity (Wildman–Crippen MR) is 117 cm³/mol. The van der Waals surface area contributed by atoms with Crippen molar-refractivity contribution in [3.63, 3.8) is 0 Å². The molecular formula is C25H33ClO7. The zero-order chi connectivity index (χ0) is 23.4. The van der Waals surface area contributed by atoms with E-state index < -0.39 is 28.3 Å². The lowest BCUT2D eigenvalue weighted by Crippen LogP contribution is -2.69. The molecule has 10 unspecified atom stereocenters. The number of rotatable bonds is 2. The van der Waals surface area contributed by atoms with Crippen molar-refractivity contribution < 1.29 is 34.0 Å². The molecule has 10 atom stereocenters. The molecule has 2 bridgehead atoms. The Morgan fingerprint density at radius 1 is 1.21 bits per heavy atom. The average molecular weight is 481 g/mol. The SMILES string of the molecule is CC(=O)OC1CCC23C(O)OC(CC4C2CCC2(C)C(C5=CC(=O)OC5)CCC42O)C3(Cl)C1. The molecule has 0 aromatic rings. The van der Waals surface area contributed by atoms with Crippen LogP contribution in [-0.2, 0) is 23.8 Å². The summed E-state index contributed by atoms with van der Waals surface area (Å²) in [7, 11) is 0. The van der Waals surface area contributed by atoms with Gasteiger partial charge in [-0.05, 0) is 68.3 Å². The van der Waals surface area contributed by atoms with Crippen LogP contribution in [-0.4, -0.2) is 57.7 Å². The van der Waals surface area contributed by atoms with Crippen LogP contribution in [0.3, 0.4) is 0 Å². The molecule has 1 saturated heterocycles. The van der Waals surface area contributed by atoms with Crippen LogP contribution in [0.2, 0.25) is 0 Å². The number of halogens is 1. The Labute approximate surface area is 198 Å². The summed E-state index contributed by atoms with van der Waals surface area (Å²) in [5.74, 6) is -0.519. The number of esters is 2. The fourth-order valence-electron chi connectivity index (χ4n) is 9.28. The van der Waals surface area contributed by atoms with Gasteiger partial charge < -0.3 is 24.4 Å². The smallest absolute Gasteiger partial charge is 0.331 e. The lowest BCUT2D eigenvalue weighted by molar-refractivity contribution is -0.216. The number of cyclic esters (lactones) is 1. The van der Waals surface area contributed by atoms with Crippen molar-refractivity contribution in [1.29, 1.82) is 0 Å². The number of hydrogen-bond acceptors (Lipinski definition) is 7. The normalized spacial score (nSPS) is 54.7. The number of fused-ring (bicyclic) bond motifs is 3. The number of hydrogen-bond donors (Lipinski definition) is 2. The van der Waals surface area contributed by atoms with Crippen molar-refractivity contribution >= 4 is 23.5 Å². The third-order valence-corrected chi connectivity index (χ3v) is 11.4. The van der Waals surface area contributed by atoms with E-state index in [1.807, 2.05) is 0 Å². The number of carbonyl (C=O) groups is 2. The summed E-state index contributed by atoms with van der Waals surface area (Å²) in [6, 6.07) is 0. The van der Waals surface area contributed by atoms with Crippen LogP contribution in [0.4, 0.5) is 0 Å². The van der Waals surface area contributed by atoms with Crippen molar-refractivity contribution in [2.24, 2.45) is 28.6 Å². The van der Waals surface area contributed by atoms with Crippen molar-refractivity contribution in [2.45, 2.75) is 94.2 Å². The standard InChI is InChI=1S/C25H33ClO7/c1-13(27)32-15-3-7-23-17-4-6-22(2)16(14-9-20(28)31-12-14)5-8-25(22,30)18(17)10-19(33-21(23)29)24(23,26)11-15/h9,15-19,21,29-30H,3-8,10-12H2,1-2H3. The maximum absolute atomic E-state index is 12.4. The monoisotopic (exact) mass is 480 g/mol. The van der Waals surface area contributed by atoms with Crippen LogP contribution in [0.15, 0.2) is 11.6 Å². The maximum Gasteiger partial charge on any atom is 0.331 e. The van der Waals surface area contributed by atoms with Gasteiger partial charge in [0.1, 0.15) is 12.7 Å². The van der Waals surface area contributed by atoms with Crippen LogP contribution in [0.5, 0.6) is 0 Å². The van der Waals surface area contributed by atoms with Crippen LogP contribution in [0.25, 0.3) is 0 Å². The van der Waals surface area contributed by atoms with Gasteiger partial charge in [-0.15, -0.1) is 11.6 Å². The van der Waals surface area contributed by atoms with E-state index in [-0.39, 0.29) is 41.2 Å². The third kappa shape index (κ3) is 2.63. The quantitative estimate of drug-likeness (QED) is 0.462. The van der Waals surface area contributed by atoms with Crippen LogP contribution < -0.4 is 0 Å². The van der Waals surface area contributed by atoms with Gasteiger partial charge in [0.05, 0.1) is 16.6 Å². The molecule has 0 amide bonds. The Bertz CT molecular complexity index is 936. The topological polar surface area (TPSA) is 102 Å². The molecule has 6 aliphatic rings. The number of alkyl halides is 1. The second-order valence-corrected chi connectivity index (χ2v) is 12.3. The Balaban J connectivity index is 1.36. The van der Waals surface area contributed by atoms with Gasteiger partial charge in [0.2, 0.25) is 0 Å². The lowest BCUT2D eigenvalue weighted by atomic mass is 9.42. The fourth-order valence-corrected chi connectivity index (χ4v) is 9.92. The molecule has 2 heterocycles. The first kappa shape index (κ1) is 22.3. The number of aliphatic hydroxyl groups is 2. The third-order valence-electron chi connectivity index (χ3n) is 10.7. The zero-order valence-electron chi connectivity index (χ0n) is 19.2. The summed E-state index contributed by atoms with van der Waals surface area (Å²) in [4.78, 5) is 22.5. The Morgan fingerprint density at radius 3 is 2.70 bits per heavy atom. The van der Waals surface area contributed by atoms with Gasteiger partial charge in [-0.3, -0.25) is 4.79 Å². The fraction of sp³-hybridized carbons (Fsp3) is 0.840. The molecule has 0 aromatic heterocycles. The molecule has 4 aliphatic carbocycles. The molecule has 8 heteroatoms. The minimum atomic E-state index is -0.984. The molecule has 7 nitrogen and oxygen atoms in total. The second kappa shape index (κ2) is 6.96. The molecule has 6 rings (SSSR count). The van der Waals surface area contributed by atoms with Gasteiger partial charge >= 0.3 is 11.9 Å². The first-order valence-electron chi connectivity index (χ1n) is 12.3. The summed E-state index contributed by atoms with van der Waals surface area (Å²) >= 11 is 7.37. The Kier molecular flexibility index (Phi) is 4.71. The summed E-state index contributed by atoms with van der Waals surface area (Å²) in [5.41, 5.74) is -0.953. The van der Waals surface area contributed by atoms with Crippen LogP contribution in [0, 0.1) is 28.6 Å². The van der Waals surface area contributed by atoms with E-state index in [4.69, 9.17) is 25.8 Å². The number of aliphatic hydroxyl groups excluding tert-OH is 1. The van der Waals surface area contributed by atoms with E-state index in [9.17, 15) is 19.8 Å². The van der Waals surface area contributed by atoms with Gasteiger partial charge in [-0.25, -0.2) is 4.79 Å². The second-order valence-electron chi connectivity index (χ2n) is 11.6. The van der Waals surface area contributed by atoms with E-state index in [2.05, 4.69) is 6.92 Å². The zero-order valence-corrected chi connectivity index (χ0v) is 20.0. The predicted octanol–water partition coefficient (Wildman–Crippen LogP) is 2.84. The first-order chi connectivity index (χ1) is 15.5. The average Bonchev–Trinajstić information content (AvgIpc) is 3.31. The van der Waals surface area contributed by atoms with Gasteiger partial charge in [0.15, 0.2) is 6.29 Å². The molecule has 2 N–H and O–H groups in total. The molecule has 4 saturated carbocycles. The molecule has 0 spiro atoms. The summed E-state index contributed by atoms with van der Waals surface area (Å²) < 4.78 is 16.9. The highest BCUT2D eigenvalue weighted by molar-refractivity contribution is 6.25. The minimum Gasteiger partial charge on any atom is -0.462 e. The summed E-state index contributed by atoms with van der Waals surface area (Å²) in [6.45, 7) is 3.90. The summed E-state index contributed by atoms with van der Waals surface area (Å²) in [5, 5.41) is 23.6. The molecule has 182 valence electrons. The number of ether oxygens (including phenoxy) is 3. The molecule has 0 aromatic carbocycles. The molecular weight excluding hydrogens is 448 g/mol. The van der Waals surface area contributed by atoms with Gasteiger partial charge in [0, 0.05) is 30.3 Å². The van der Waals surface area contributed by atoms with E-state index in [0.717, 1.165) is 24.8 Å². The molecule has 0 radical (unpaired) electrons. The van der Waals surface area contributed by atoms with Crippen molar-refractivity contribution in [3.05, 3.63) is 11.6 Å². The van der Waals surface area contributed by atoms with Crippen molar-refractivity contribution in [3.8, 4) is 0 Å². The van der Waals surface area contributed by atoms with E-state index in [1.54, 1.807) is 6.08 Å². The van der Waals surface area contributed by atoms with E-state index >= 15 is 0 Å². The van der Waals surface area contributed by atoms with Crippen LogP contribution in [0.1, 0.15) is 65.2 Å². The number of carbonyl (C=O) groups excluding carboxylic acids is 2. The minimum absolute atomic E-state index is 0.0225. The molecule has 33 heavy (non-hydrogen) atoms. The van der Waals surface area contributed by atoms with Gasteiger partial charge in [-0.1, -0.05) is 6.92 Å². The molecule has 2 aliphatic heterocycles. The Morgan fingerprint density at radius 2 is 2.00 bits per heavy atom. The van der Waals surface area contributed by atoms with Crippen molar-refractivity contribution in [2.75, 3.05) is 6.61 Å². The molecule has 5 fully saturated rings. The van der Waals surface area contributed by atoms with E-state index in [0.29, 0.717) is 38.7 Å². The van der Waals surface area contributed by atoms with E-state index in [1.165, 1.54) is 6.92 Å². The Hall–Kier alpha value is -1.15. The van der Waals surface area contributed by atoms with Crippen LogP contribution >= 0.6 is 11.6 Å². The highest BCUT2D eigenvalue weighted by Crippen LogP contribution is 2.75. The highest BCUT2D eigenvalue weighted by Gasteiger charge is 2.78. The largest absolute Gasteiger partial charge is 0.462 e. The van der Waals surface area contributed by atoms with Crippen molar-refractivity contribution in [1.82, 2.24) is 0 Å². The van der Waals surface area contributed by atoms with Gasteiger partial charge in [0.25, 0.3) is 0 Å². The highest BCUT2D eigenvalue weighted by atomic mass is 35.5. The maximum atomic E-state index is 12.4.